The maximum atomic E-state index is 12.7. The minimum atomic E-state index is -3.72. The predicted octanol–water partition coefficient (Wildman–Crippen LogP) is 2.21. The molecule has 1 amide bonds. The lowest BCUT2D eigenvalue weighted by Crippen LogP contribution is -2.45. The molecule has 0 spiro atoms. The number of hydrogen-bond donors (Lipinski definition) is 1. The Balaban J connectivity index is 2.16. The highest BCUT2D eigenvalue weighted by molar-refractivity contribution is 8.01. The number of thioether (sulfide) groups is 1. The van der Waals surface area contributed by atoms with Crippen molar-refractivity contribution in [3.63, 3.8) is 0 Å². The van der Waals surface area contributed by atoms with Gasteiger partial charge in [-0.3, -0.25) is 19.2 Å². The maximum Gasteiger partial charge on any atom is 0.316 e. The molecule has 12 heteroatoms. The molecule has 0 aliphatic heterocycles. The monoisotopic (exact) mass is 458 g/mol. The third-order valence-electron chi connectivity index (χ3n) is 4.01. The van der Waals surface area contributed by atoms with E-state index in [1.807, 2.05) is 19.9 Å². The average Bonchev–Trinajstić information content (AvgIpc) is 3.08. The van der Waals surface area contributed by atoms with E-state index in [0.717, 1.165) is 44.8 Å². The molecular formula is C17H22N4O5S3. The van der Waals surface area contributed by atoms with Crippen molar-refractivity contribution in [2.75, 3.05) is 28.7 Å². The summed E-state index contributed by atoms with van der Waals surface area (Å²) in [5.41, 5.74) is 2.34. The minimum Gasteiger partial charge on any atom is -0.468 e. The Hall–Kier alpha value is -2.18. The topological polar surface area (TPSA) is 119 Å². The van der Waals surface area contributed by atoms with Crippen LogP contribution in [0, 0.1) is 13.8 Å². The van der Waals surface area contributed by atoms with Gasteiger partial charge >= 0.3 is 5.97 Å². The van der Waals surface area contributed by atoms with E-state index in [0.29, 0.717) is 10.0 Å². The molecule has 1 atom stereocenters. The number of ether oxygens (including phenoxy) is 1. The number of hydrogen-bond acceptors (Lipinski definition) is 9. The standard InChI is InChI=1S/C17H22N4O5S3/c1-10-6-7-13(8-11(10)2)21(29(5,24)25)12(3)15(23)18-16-19-20-17(28-16)27-9-14(22)26-4/h6-8,12H,9H2,1-5H3,(H,18,19,23)/t12-/m0/s1. The highest BCUT2D eigenvalue weighted by Crippen LogP contribution is 2.27. The van der Waals surface area contributed by atoms with Crippen LogP contribution in [-0.4, -0.2) is 55.7 Å². The number of nitrogens with zero attached hydrogens (tertiary/aromatic N) is 3. The highest BCUT2D eigenvalue weighted by Gasteiger charge is 2.30. The maximum absolute atomic E-state index is 12.7. The van der Waals surface area contributed by atoms with Gasteiger partial charge in [0.05, 0.1) is 24.8 Å². The zero-order valence-corrected chi connectivity index (χ0v) is 19.1. The molecule has 9 nitrogen and oxygen atoms in total. The Morgan fingerprint density at radius 1 is 1.28 bits per heavy atom. The average molecular weight is 459 g/mol. The van der Waals surface area contributed by atoms with Crippen molar-refractivity contribution >= 4 is 55.8 Å². The lowest BCUT2D eigenvalue weighted by atomic mass is 10.1. The van der Waals surface area contributed by atoms with Gasteiger partial charge in [-0.1, -0.05) is 29.2 Å². The summed E-state index contributed by atoms with van der Waals surface area (Å²) in [5.74, 6) is -0.875. The molecule has 0 aliphatic carbocycles. The van der Waals surface area contributed by atoms with Crippen molar-refractivity contribution < 1.29 is 22.7 Å². The van der Waals surface area contributed by atoms with Crippen LogP contribution >= 0.6 is 23.1 Å². The largest absolute Gasteiger partial charge is 0.468 e. The van der Waals surface area contributed by atoms with Crippen LogP contribution in [0.1, 0.15) is 18.1 Å². The molecular weight excluding hydrogens is 436 g/mol. The number of nitrogens with one attached hydrogen (secondary N) is 1. The van der Waals surface area contributed by atoms with E-state index >= 15 is 0 Å². The molecule has 1 aromatic heterocycles. The Labute approximate surface area is 177 Å². The first kappa shape index (κ1) is 23.1. The molecule has 1 N–H and O–H groups in total. The summed E-state index contributed by atoms with van der Waals surface area (Å²) in [5, 5.41) is 10.5. The van der Waals surface area contributed by atoms with E-state index in [1.165, 1.54) is 14.0 Å². The van der Waals surface area contributed by atoms with Crippen molar-refractivity contribution in [1.29, 1.82) is 0 Å². The summed E-state index contributed by atoms with van der Waals surface area (Å²) in [6.45, 7) is 5.30. The SMILES string of the molecule is COC(=O)CSc1nnc(NC(=O)[C@H](C)N(c2ccc(C)c(C)c2)S(C)(=O)=O)s1. The molecule has 2 aromatic rings. The van der Waals surface area contributed by atoms with Crippen molar-refractivity contribution in [3.05, 3.63) is 29.3 Å². The second-order valence-electron chi connectivity index (χ2n) is 6.23. The van der Waals surface area contributed by atoms with Gasteiger partial charge in [0, 0.05) is 0 Å². The molecule has 0 fully saturated rings. The second kappa shape index (κ2) is 9.55. The number of methoxy groups -OCH3 is 1. The van der Waals surface area contributed by atoms with Gasteiger partial charge in [0.25, 0.3) is 0 Å². The predicted molar refractivity (Wildman–Crippen MR) is 114 cm³/mol. The number of aromatic nitrogens is 2. The molecule has 0 radical (unpaired) electrons. The van der Waals surface area contributed by atoms with Crippen molar-refractivity contribution in [1.82, 2.24) is 10.2 Å². The van der Waals surface area contributed by atoms with Gasteiger partial charge in [0.15, 0.2) is 4.34 Å². The number of anilines is 2. The summed E-state index contributed by atoms with van der Waals surface area (Å²) in [6, 6.07) is 4.19. The van der Waals surface area contributed by atoms with Crippen LogP contribution in [-0.2, 0) is 24.3 Å². The smallest absolute Gasteiger partial charge is 0.316 e. The number of amides is 1. The molecule has 0 bridgehead atoms. The summed E-state index contributed by atoms with van der Waals surface area (Å²) in [7, 11) is -2.42. The zero-order chi connectivity index (χ0) is 21.8. The van der Waals surface area contributed by atoms with Gasteiger partial charge in [-0.2, -0.15) is 0 Å². The Morgan fingerprint density at radius 3 is 2.55 bits per heavy atom. The molecule has 2 rings (SSSR count). The Kier molecular flexibility index (Phi) is 7.60. The summed E-state index contributed by atoms with van der Waals surface area (Å²) in [6.07, 6.45) is 1.05. The third kappa shape index (κ3) is 6.15. The first-order valence-electron chi connectivity index (χ1n) is 8.43. The van der Waals surface area contributed by atoms with Crippen LogP contribution in [0.4, 0.5) is 10.8 Å². The number of carbonyl (C=O) groups excluding carboxylic acids is 2. The second-order valence-corrected chi connectivity index (χ2v) is 10.3. The van der Waals surface area contributed by atoms with Crippen molar-refractivity contribution in [2.24, 2.45) is 0 Å². The van der Waals surface area contributed by atoms with E-state index < -0.39 is 27.9 Å². The van der Waals surface area contributed by atoms with Crippen LogP contribution in [0.2, 0.25) is 0 Å². The van der Waals surface area contributed by atoms with Crippen molar-refractivity contribution in [3.8, 4) is 0 Å². The van der Waals surface area contributed by atoms with Crippen LogP contribution < -0.4 is 9.62 Å². The molecule has 0 saturated carbocycles. The molecule has 29 heavy (non-hydrogen) atoms. The number of esters is 1. The lowest BCUT2D eigenvalue weighted by molar-refractivity contribution is -0.137. The van der Waals surface area contributed by atoms with E-state index in [9.17, 15) is 18.0 Å². The molecule has 158 valence electrons. The summed E-state index contributed by atoms with van der Waals surface area (Å²) >= 11 is 2.22. The number of rotatable bonds is 8. The number of aryl methyl sites for hydroxylation is 2. The Morgan fingerprint density at radius 2 is 1.97 bits per heavy atom. The quantitative estimate of drug-likeness (QED) is 0.363. The molecule has 1 heterocycles. The van der Waals surface area contributed by atoms with Gasteiger partial charge in [-0.05, 0) is 44.0 Å². The van der Waals surface area contributed by atoms with E-state index in [-0.39, 0.29) is 10.9 Å². The molecule has 0 aliphatic rings. The van der Waals surface area contributed by atoms with Gasteiger partial charge in [0.2, 0.25) is 21.1 Å². The van der Waals surface area contributed by atoms with Gasteiger partial charge < -0.3 is 4.74 Å². The third-order valence-corrected chi connectivity index (χ3v) is 7.20. The number of carbonyl (C=O) groups is 2. The first-order valence-corrected chi connectivity index (χ1v) is 12.1. The summed E-state index contributed by atoms with van der Waals surface area (Å²) < 4.78 is 30.9. The normalized spacial score (nSPS) is 12.3. The van der Waals surface area contributed by atoms with Crippen LogP contribution in [0.3, 0.4) is 0 Å². The van der Waals surface area contributed by atoms with Crippen molar-refractivity contribution in [2.45, 2.75) is 31.2 Å². The fourth-order valence-corrected chi connectivity index (χ4v) is 5.13. The number of sulfonamides is 1. The number of benzene rings is 1. The van der Waals surface area contributed by atoms with Gasteiger partial charge in [0.1, 0.15) is 6.04 Å². The first-order chi connectivity index (χ1) is 13.5. The zero-order valence-electron chi connectivity index (χ0n) is 16.6. The lowest BCUT2D eigenvalue weighted by Gasteiger charge is -2.28. The summed E-state index contributed by atoms with van der Waals surface area (Å²) in [4.78, 5) is 23.9. The van der Waals surface area contributed by atoms with Crippen LogP contribution in [0.15, 0.2) is 22.5 Å². The van der Waals surface area contributed by atoms with Gasteiger partial charge in [-0.15, -0.1) is 10.2 Å². The Bertz CT molecular complexity index is 1010. The van der Waals surface area contributed by atoms with Crippen LogP contribution in [0.5, 0.6) is 0 Å². The van der Waals surface area contributed by atoms with Gasteiger partial charge in [-0.25, -0.2) is 8.42 Å². The minimum absolute atomic E-state index is 0.0735. The molecule has 0 unspecified atom stereocenters. The fourth-order valence-electron chi connectivity index (χ4n) is 2.38. The van der Waals surface area contributed by atoms with E-state index in [2.05, 4.69) is 20.3 Å². The molecule has 1 aromatic carbocycles. The highest BCUT2D eigenvalue weighted by atomic mass is 32.2. The fraction of sp³-hybridized carbons (Fsp3) is 0.412. The molecule has 0 saturated heterocycles. The van der Waals surface area contributed by atoms with Crippen LogP contribution in [0.25, 0.3) is 0 Å². The van der Waals surface area contributed by atoms with E-state index in [1.54, 1.807) is 12.1 Å². The van der Waals surface area contributed by atoms with E-state index in [4.69, 9.17) is 0 Å².